The molecule has 0 saturated heterocycles. The molecule has 1 atom stereocenters. The second kappa shape index (κ2) is 3.77. The van der Waals surface area contributed by atoms with Crippen molar-refractivity contribution in [1.29, 1.82) is 0 Å². The summed E-state index contributed by atoms with van der Waals surface area (Å²) in [5.74, 6) is 0.911. The van der Waals surface area contributed by atoms with Crippen LogP contribution in [0.5, 0.6) is 5.75 Å². The van der Waals surface area contributed by atoms with E-state index in [0.717, 1.165) is 5.75 Å². The highest BCUT2D eigenvalue weighted by Gasteiger charge is 2.00. The Bertz CT molecular complexity index is 233. The van der Waals surface area contributed by atoms with E-state index in [4.69, 9.17) is 4.74 Å². The van der Waals surface area contributed by atoms with Gasteiger partial charge in [-0.3, -0.25) is 0 Å². The van der Waals surface area contributed by atoms with Crippen LogP contribution in [-0.4, -0.2) is 7.11 Å². The van der Waals surface area contributed by atoms with Crippen molar-refractivity contribution in [1.82, 2.24) is 0 Å². The van der Waals surface area contributed by atoms with E-state index in [2.05, 4.69) is 28.9 Å². The molecule has 2 heteroatoms. The zero-order valence-corrected chi connectivity index (χ0v) is 8.26. The van der Waals surface area contributed by atoms with Crippen molar-refractivity contribution in [3.8, 4) is 5.75 Å². The van der Waals surface area contributed by atoms with Crippen molar-refractivity contribution in [2.75, 3.05) is 7.11 Å². The molecule has 0 aliphatic heterocycles. The molecule has 11 heavy (non-hydrogen) atoms. The molecule has 60 valence electrons. The number of ether oxygens (including phenoxy) is 1. The topological polar surface area (TPSA) is 9.23 Å². The molecule has 0 heterocycles. The number of hydrogen-bond acceptors (Lipinski definition) is 1. The van der Waals surface area contributed by atoms with Gasteiger partial charge in [0.05, 0.1) is 7.11 Å². The first-order chi connectivity index (χ1) is 5.24. The first kappa shape index (κ1) is 8.60. The Hall–Kier alpha value is -0.500. The van der Waals surface area contributed by atoms with E-state index in [1.54, 1.807) is 7.11 Å². The molecule has 0 unspecified atom stereocenters. The highest BCUT2D eigenvalue weighted by molar-refractivity contribution is 9.09. The minimum atomic E-state index is 0.387. The smallest absolute Gasteiger partial charge is 0.119 e. The predicted octanol–water partition coefficient (Wildman–Crippen LogP) is 3.15. The molecule has 0 aromatic heterocycles. The summed E-state index contributed by atoms with van der Waals surface area (Å²) in [5.41, 5.74) is 1.24. The van der Waals surface area contributed by atoms with Gasteiger partial charge in [-0.05, 0) is 24.6 Å². The Morgan fingerprint density at radius 2 is 2.18 bits per heavy atom. The van der Waals surface area contributed by atoms with E-state index >= 15 is 0 Å². The van der Waals surface area contributed by atoms with Crippen molar-refractivity contribution in [3.63, 3.8) is 0 Å². The van der Waals surface area contributed by atoms with E-state index < -0.39 is 0 Å². The standard InChI is InChI=1S/C9H11BrO/c1-7(10)8-4-3-5-9(6-8)11-2/h3-7H,1-2H3/t7-/m1/s1. The third-order valence-corrected chi connectivity index (χ3v) is 2.08. The summed E-state index contributed by atoms with van der Waals surface area (Å²) < 4.78 is 5.08. The molecule has 0 bridgehead atoms. The average Bonchev–Trinajstić information content (AvgIpc) is 2.05. The maximum absolute atomic E-state index is 5.08. The van der Waals surface area contributed by atoms with Gasteiger partial charge in [0.15, 0.2) is 0 Å². The fourth-order valence-electron chi connectivity index (χ4n) is 0.889. The van der Waals surface area contributed by atoms with E-state index in [1.165, 1.54) is 5.56 Å². The Morgan fingerprint density at radius 3 is 2.73 bits per heavy atom. The molecular formula is C9H11BrO. The Morgan fingerprint density at radius 1 is 1.45 bits per heavy atom. The Kier molecular flexibility index (Phi) is 2.94. The van der Waals surface area contributed by atoms with E-state index in [-0.39, 0.29) is 0 Å². The summed E-state index contributed by atoms with van der Waals surface area (Å²) in [6.45, 7) is 2.09. The van der Waals surface area contributed by atoms with Gasteiger partial charge in [-0.15, -0.1) is 0 Å². The number of methoxy groups -OCH3 is 1. The lowest BCUT2D eigenvalue weighted by Gasteiger charge is -2.05. The molecule has 0 amide bonds. The van der Waals surface area contributed by atoms with E-state index in [9.17, 15) is 0 Å². The summed E-state index contributed by atoms with van der Waals surface area (Å²) in [6.07, 6.45) is 0. The Labute approximate surface area is 75.5 Å². The van der Waals surface area contributed by atoms with Crippen molar-refractivity contribution in [3.05, 3.63) is 29.8 Å². The SMILES string of the molecule is COc1cccc([C@@H](C)Br)c1. The number of benzene rings is 1. The summed E-state index contributed by atoms with van der Waals surface area (Å²) >= 11 is 3.49. The molecule has 1 rings (SSSR count). The molecule has 0 aliphatic carbocycles. The summed E-state index contributed by atoms with van der Waals surface area (Å²) in [7, 11) is 1.68. The normalized spacial score (nSPS) is 12.6. The van der Waals surface area contributed by atoms with Crippen molar-refractivity contribution in [2.45, 2.75) is 11.8 Å². The molecule has 0 aliphatic rings. The monoisotopic (exact) mass is 214 g/mol. The van der Waals surface area contributed by atoms with Gasteiger partial charge in [-0.25, -0.2) is 0 Å². The summed E-state index contributed by atoms with van der Waals surface area (Å²) in [6, 6.07) is 8.03. The van der Waals surface area contributed by atoms with Gasteiger partial charge in [0.1, 0.15) is 5.75 Å². The van der Waals surface area contributed by atoms with Crippen molar-refractivity contribution < 1.29 is 4.74 Å². The number of hydrogen-bond donors (Lipinski definition) is 0. The van der Waals surface area contributed by atoms with Gasteiger partial charge >= 0.3 is 0 Å². The largest absolute Gasteiger partial charge is 0.497 e. The number of rotatable bonds is 2. The fraction of sp³-hybridized carbons (Fsp3) is 0.333. The van der Waals surface area contributed by atoms with Crippen LogP contribution in [0.1, 0.15) is 17.3 Å². The van der Waals surface area contributed by atoms with Crippen LogP contribution in [0.15, 0.2) is 24.3 Å². The van der Waals surface area contributed by atoms with E-state index in [1.807, 2.05) is 18.2 Å². The van der Waals surface area contributed by atoms with Crippen molar-refractivity contribution >= 4 is 15.9 Å². The lowest BCUT2D eigenvalue weighted by Crippen LogP contribution is -1.86. The van der Waals surface area contributed by atoms with Crippen LogP contribution >= 0.6 is 15.9 Å². The van der Waals surface area contributed by atoms with E-state index in [0.29, 0.717) is 4.83 Å². The molecule has 0 N–H and O–H groups in total. The van der Waals surface area contributed by atoms with Gasteiger partial charge in [0.2, 0.25) is 0 Å². The van der Waals surface area contributed by atoms with Crippen LogP contribution in [0.3, 0.4) is 0 Å². The van der Waals surface area contributed by atoms with Crippen LogP contribution in [0.2, 0.25) is 0 Å². The van der Waals surface area contributed by atoms with Gasteiger partial charge in [-0.1, -0.05) is 28.1 Å². The second-order valence-electron chi connectivity index (χ2n) is 2.39. The van der Waals surface area contributed by atoms with Gasteiger partial charge in [0, 0.05) is 4.83 Å². The molecular weight excluding hydrogens is 204 g/mol. The zero-order valence-electron chi connectivity index (χ0n) is 6.67. The third kappa shape index (κ3) is 2.22. The first-order valence-corrected chi connectivity index (χ1v) is 4.43. The molecule has 0 radical (unpaired) electrons. The van der Waals surface area contributed by atoms with Crippen LogP contribution in [-0.2, 0) is 0 Å². The fourth-order valence-corrected chi connectivity index (χ4v) is 1.17. The summed E-state index contributed by atoms with van der Waals surface area (Å²) in [5, 5.41) is 0. The summed E-state index contributed by atoms with van der Waals surface area (Å²) in [4.78, 5) is 0.387. The predicted molar refractivity (Wildman–Crippen MR) is 50.3 cm³/mol. The van der Waals surface area contributed by atoms with Gasteiger partial charge in [-0.2, -0.15) is 0 Å². The highest BCUT2D eigenvalue weighted by Crippen LogP contribution is 2.24. The van der Waals surface area contributed by atoms with Crippen LogP contribution in [0, 0.1) is 0 Å². The molecule has 1 nitrogen and oxygen atoms in total. The number of halogens is 1. The van der Waals surface area contributed by atoms with Crippen LogP contribution in [0.4, 0.5) is 0 Å². The maximum atomic E-state index is 5.08. The molecule has 0 spiro atoms. The molecule has 0 fully saturated rings. The molecule has 1 aromatic carbocycles. The number of alkyl halides is 1. The average molecular weight is 215 g/mol. The third-order valence-electron chi connectivity index (χ3n) is 1.55. The van der Waals surface area contributed by atoms with Gasteiger partial charge < -0.3 is 4.74 Å². The van der Waals surface area contributed by atoms with Crippen LogP contribution in [0.25, 0.3) is 0 Å². The molecule has 1 aromatic rings. The zero-order chi connectivity index (χ0) is 8.27. The van der Waals surface area contributed by atoms with Gasteiger partial charge in [0.25, 0.3) is 0 Å². The first-order valence-electron chi connectivity index (χ1n) is 3.52. The second-order valence-corrected chi connectivity index (χ2v) is 3.77. The minimum absolute atomic E-state index is 0.387. The highest BCUT2D eigenvalue weighted by atomic mass is 79.9. The van der Waals surface area contributed by atoms with Crippen LogP contribution < -0.4 is 4.74 Å². The minimum Gasteiger partial charge on any atom is -0.497 e. The Balaban J connectivity index is 2.91. The lowest BCUT2D eigenvalue weighted by molar-refractivity contribution is 0.414. The van der Waals surface area contributed by atoms with Crippen molar-refractivity contribution in [2.24, 2.45) is 0 Å². The lowest BCUT2D eigenvalue weighted by atomic mass is 10.2. The quantitative estimate of drug-likeness (QED) is 0.688. The maximum Gasteiger partial charge on any atom is 0.119 e. The molecule has 0 saturated carbocycles.